The number of hydrogen-bond acceptors (Lipinski definition) is 3. The van der Waals surface area contributed by atoms with E-state index in [-0.39, 0.29) is 10.8 Å². The molecule has 0 aliphatic heterocycles. The van der Waals surface area contributed by atoms with E-state index in [0.29, 0.717) is 40.1 Å². The van der Waals surface area contributed by atoms with Crippen molar-refractivity contribution in [1.29, 1.82) is 0 Å². The Balaban J connectivity index is 1.50. The zero-order valence-corrected chi connectivity index (χ0v) is 28.6. The number of aromatic nitrogens is 4. The van der Waals surface area contributed by atoms with Gasteiger partial charge in [-0.3, -0.25) is 0 Å². The highest BCUT2D eigenvalue weighted by Gasteiger charge is 2.24. The zero-order chi connectivity index (χ0) is 34.5. The summed E-state index contributed by atoms with van der Waals surface area (Å²) in [6.07, 6.45) is 0. The van der Waals surface area contributed by atoms with Gasteiger partial charge < -0.3 is 4.57 Å². The van der Waals surface area contributed by atoms with Crippen LogP contribution in [0, 0.1) is 13.1 Å². The number of benzene rings is 5. The van der Waals surface area contributed by atoms with Crippen LogP contribution in [0.15, 0.2) is 109 Å². The highest BCUT2D eigenvalue weighted by Crippen LogP contribution is 2.44. The molecule has 0 aliphatic carbocycles. The molecule has 49 heavy (non-hydrogen) atoms. The van der Waals surface area contributed by atoms with Crippen LogP contribution in [0.5, 0.6) is 0 Å². The first-order valence-corrected chi connectivity index (χ1v) is 16.4. The SMILES string of the molecule is [C-]#[N+]c1cc(-c2nc(-c3ccccc3)nc(-c3ccccc3)n2)cc([N+]#[C-])c1-n1c2ccc(C(C)(C)C)cc2c2cc(C(C)(C)C)ccc21. The molecule has 0 N–H and O–H groups in total. The maximum absolute atomic E-state index is 8.38. The van der Waals surface area contributed by atoms with E-state index in [0.717, 1.165) is 32.9 Å². The van der Waals surface area contributed by atoms with Crippen molar-refractivity contribution in [1.82, 2.24) is 19.5 Å². The monoisotopic (exact) mass is 636 g/mol. The molecule has 0 aliphatic rings. The minimum Gasteiger partial charge on any atom is -0.329 e. The van der Waals surface area contributed by atoms with Crippen LogP contribution in [0.3, 0.4) is 0 Å². The summed E-state index contributed by atoms with van der Waals surface area (Å²) in [5, 5.41) is 2.20. The predicted molar refractivity (Wildman–Crippen MR) is 200 cm³/mol. The van der Waals surface area contributed by atoms with Gasteiger partial charge in [0, 0.05) is 21.9 Å². The van der Waals surface area contributed by atoms with Crippen LogP contribution >= 0.6 is 0 Å². The third kappa shape index (κ3) is 5.73. The fourth-order valence-electron chi connectivity index (χ4n) is 6.27. The summed E-state index contributed by atoms with van der Waals surface area (Å²) in [5.41, 5.74) is 7.82. The first kappa shape index (κ1) is 31.5. The first-order chi connectivity index (χ1) is 23.5. The van der Waals surface area contributed by atoms with Gasteiger partial charge in [-0.05, 0) is 63.9 Å². The van der Waals surface area contributed by atoms with Gasteiger partial charge in [-0.1, -0.05) is 114 Å². The Morgan fingerprint density at radius 3 is 1.24 bits per heavy atom. The molecular formula is C43H36N6. The van der Waals surface area contributed by atoms with Crippen molar-refractivity contribution >= 4 is 33.2 Å². The van der Waals surface area contributed by atoms with E-state index in [2.05, 4.69) is 92.2 Å². The maximum atomic E-state index is 8.38. The molecule has 0 radical (unpaired) electrons. The Hall–Kier alpha value is -6.11. The van der Waals surface area contributed by atoms with E-state index in [1.807, 2.05) is 60.7 Å². The summed E-state index contributed by atoms with van der Waals surface area (Å²) in [6, 6.07) is 36.3. The van der Waals surface area contributed by atoms with Gasteiger partial charge in [-0.2, -0.15) is 0 Å². The molecule has 6 heteroatoms. The van der Waals surface area contributed by atoms with Crippen molar-refractivity contribution in [3.05, 3.63) is 143 Å². The Morgan fingerprint density at radius 1 is 0.490 bits per heavy atom. The Labute approximate surface area is 287 Å². The van der Waals surface area contributed by atoms with Crippen molar-refractivity contribution < 1.29 is 0 Å². The topological polar surface area (TPSA) is 52.3 Å². The number of rotatable bonds is 4. The summed E-state index contributed by atoms with van der Waals surface area (Å²) in [5.74, 6) is 1.45. The maximum Gasteiger partial charge on any atom is 0.201 e. The molecule has 0 saturated carbocycles. The molecule has 7 rings (SSSR count). The lowest BCUT2D eigenvalue weighted by atomic mass is 9.85. The predicted octanol–water partition coefficient (Wildman–Crippen LogP) is 11.7. The molecule has 2 heterocycles. The number of nitrogens with zero attached hydrogens (tertiary/aromatic N) is 6. The first-order valence-electron chi connectivity index (χ1n) is 16.4. The average molecular weight is 637 g/mol. The molecule has 5 aromatic carbocycles. The van der Waals surface area contributed by atoms with Crippen LogP contribution in [-0.2, 0) is 10.8 Å². The second-order valence-corrected chi connectivity index (χ2v) is 14.4. The summed E-state index contributed by atoms with van der Waals surface area (Å²) in [6.45, 7) is 30.1. The highest BCUT2D eigenvalue weighted by molar-refractivity contribution is 6.11. The molecule has 0 unspecified atom stereocenters. The smallest absolute Gasteiger partial charge is 0.201 e. The van der Waals surface area contributed by atoms with Crippen LogP contribution < -0.4 is 0 Å². The molecule has 6 nitrogen and oxygen atoms in total. The lowest BCUT2D eigenvalue weighted by Crippen LogP contribution is -2.10. The largest absolute Gasteiger partial charge is 0.329 e. The summed E-state index contributed by atoms with van der Waals surface area (Å²) < 4.78 is 2.09. The van der Waals surface area contributed by atoms with Crippen molar-refractivity contribution in [2.75, 3.05) is 0 Å². The van der Waals surface area contributed by atoms with Crippen molar-refractivity contribution in [2.24, 2.45) is 0 Å². The van der Waals surface area contributed by atoms with Gasteiger partial charge in [0.2, 0.25) is 11.4 Å². The number of hydrogen-bond donors (Lipinski definition) is 0. The summed E-state index contributed by atoms with van der Waals surface area (Å²) in [7, 11) is 0. The van der Waals surface area contributed by atoms with Gasteiger partial charge in [0.05, 0.1) is 29.9 Å². The second-order valence-electron chi connectivity index (χ2n) is 14.4. The Morgan fingerprint density at radius 2 is 0.878 bits per heavy atom. The van der Waals surface area contributed by atoms with E-state index >= 15 is 0 Å². The molecule has 0 bridgehead atoms. The van der Waals surface area contributed by atoms with Gasteiger partial charge in [0.1, 0.15) is 0 Å². The van der Waals surface area contributed by atoms with Gasteiger partial charge in [-0.25, -0.2) is 24.6 Å². The Bertz CT molecular complexity index is 2300. The van der Waals surface area contributed by atoms with Gasteiger partial charge in [0.15, 0.2) is 17.5 Å². The lowest BCUT2D eigenvalue weighted by molar-refractivity contribution is 0.590. The van der Waals surface area contributed by atoms with Crippen LogP contribution in [0.4, 0.5) is 11.4 Å². The van der Waals surface area contributed by atoms with Gasteiger partial charge in [-0.15, -0.1) is 0 Å². The standard InChI is InChI=1S/C43H36N6/c1-42(2,3)30-19-21-36-32(25-30)33-26-31(43(4,5)6)20-22-37(33)49(36)38-34(44-7)23-29(24-35(38)45-8)41-47-39(27-15-11-9-12-16-27)46-40(48-41)28-17-13-10-14-18-28/h9-26H,1-6H3. The molecule has 0 amide bonds. The minimum atomic E-state index is -0.0447. The average Bonchev–Trinajstić information content (AvgIpc) is 3.43. The molecular weight excluding hydrogens is 601 g/mol. The van der Waals surface area contributed by atoms with Crippen LogP contribution in [0.25, 0.3) is 71.3 Å². The van der Waals surface area contributed by atoms with Gasteiger partial charge >= 0.3 is 0 Å². The van der Waals surface area contributed by atoms with Gasteiger partial charge in [0.25, 0.3) is 0 Å². The van der Waals surface area contributed by atoms with Crippen molar-refractivity contribution in [3.63, 3.8) is 0 Å². The second kappa shape index (κ2) is 11.8. The quantitative estimate of drug-likeness (QED) is 0.181. The van der Waals surface area contributed by atoms with E-state index in [4.69, 9.17) is 28.1 Å². The van der Waals surface area contributed by atoms with Crippen LogP contribution in [0.1, 0.15) is 52.7 Å². The van der Waals surface area contributed by atoms with E-state index in [1.165, 1.54) is 11.1 Å². The summed E-state index contributed by atoms with van der Waals surface area (Å²) in [4.78, 5) is 22.6. The molecule has 0 saturated heterocycles. The third-order valence-corrected chi connectivity index (χ3v) is 8.99. The normalized spacial score (nSPS) is 11.8. The highest BCUT2D eigenvalue weighted by atomic mass is 15.0. The van der Waals surface area contributed by atoms with Crippen molar-refractivity contribution in [3.8, 4) is 39.9 Å². The van der Waals surface area contributed by atoms with Crippen LogP contribution in [0.2, 0.25) is 0 Å². The minimum absolute atomic E-state index is 0.0447. The third-order valence-electron chi connectivity index (χ3n) is 8.99. The number of fused-ring (bicyclic) bond motifs is 3. The summed E-state index contributed by atoms with van der Waals surface area (Å²) >= 11 is 0. The fraction of sp³-hybridized carbons (Fsp3) is 0.186. The lowest BCUT2D eigenvalue weighted by Gasteiger charge is -2.19. The molecule has 238 valence electrons. The van der Waals surface area contributed by atoms with Crippen molar-refractivity contribution in [2.45, 2.75) is 52.4 Å². The van der Waals surface area contributed by atoms with E-state index in [1.54, 1.807) is 12.1 Å². The Kier molecular flexibility index (Phi) is 7.61. The van der Waals surface area contributed by atoms with E-state index < -0.39 is 0 Å². The molecule has 0 fully saturated rings. The van der Waals surface area contributed by atoms with E-state index in [9.17, 15) is 0 Å². The molecule has 0 spiro atoms. The zero-order valence-electron chi connectivity index (χ0n) is 28.6. The molecule has 2 aromatic heterocycles. The van der Waals surface area contributed by atoms with Crippen LogP contribution in [-0.4, -0.2) is 19.5 Å². The molecule has 7 aromatic rings. The fourth-order valence-corrected chi connectivity index (χ4v) is 6.27. The molecule has 0 atom stereocenters.